The summed E-state index contributed by atoms with van der Waals surface area (Å²) in [5.74, 6) is 0.280. The Balaban J connectivity index is 0.00000484. The van der Waals surface area contributed by atoms with Crippen molar-refractivity contribution in [1.29, 1.82) is 0 Å². The molecule has 0 aromatic carbocycles. The summed E-state index contributed by atoms with van der Waals surface area (Å²) in [6.07, 6.45) is 4.33. The van der Waals surface area contributed by atoms with Crippen molar-refractivity contribution in [2.75, 3.05) is 26.2 Å². The molecule has 0 atom stereocenters. The van der Waals surface area contributed by atoms with E-state index in [0.717, 1.165) is 38.9 Å². The highest BCUT2D eigenvalue weighted by molar-refractivity contribution is 5.85. The van der Waals surface area contributed by atoms with E-state index in [1.807, 2.05) is 20.8 Å². The van der Waals surface area contributed by atoms with Crippen molar-refractivity contribution in [2.24, 2.45) is 5.41 Å². The third kappa shape index (κ3) is 8.02. The van der Waals surface area contributed by atoms with E-state index < -0.39 is 0 Å². The number of rotatable bonds is 7. The minimum Gasteiger partial charge on any atom is -0.356 e. The van der Waals surface area contributed by atoms with Crippen molar-refractivity contribution in [3.05, 3.63) is 0 Å². The molecule has 2 amide bonds. The summed E-state index contributed by atoms with van der Waals surface area (Å²) < 4.78 is 0. The molecule has 0 radical (unpaired) electrons. The minimum absolute atomic E-state index is 0. The molecule has 5 nitrogen and oxygen atoms in total. The van der Waals surface area contributed by atoms with Crippen molar-refractivity contribution in [1.82, 2.24) is 15.5 Å². The van der Waals surface area contributed by atoms with Crippen LogP contribution in [0.5, 0.6) is 0 Å². The Kier molecular flexibility index (Phi) is 10.5. The summed E-state index contributed by atoms with van der Waals surface area (Å²) in [5, 5.41) is 6.25. The molecule has 2 N–H and O–H groups in total. The first-order valence-electron chi connectivity index (χ1n) is 8.64. The van der Waals surface area contributed by atoms with Crippen molar-refractivity contribution in [3.63, 3.8) is 0 Å². The number of piperidine rings is 1. The molecular weight excluding hydrogens is 314 g/mol. The second-order valence-corrected chi connectivity index (χ2v) is 7.18. The van der Waals surface area contributed by atoms with Crippen LogP contribution >= 0.6 is 12.4 Å². The van der Waals surface area contributed by atoms with Crippen LogP contribution in [-0.4, -0.2) is 48.9 Å². The van der Waals surface area contributed by atoms with Crippen LogP contribution < -0.4 is 10.6 Å². The average molecular weight is 348 g/mol. The van der Waals surface area contributed by atoms with E-state index in [4.69, 9.17) is 0 Å². The van der Waals surface area contributed by atoms with Gasteiger partial charge in [0.2, 0.25) is 11.8 Å². The Bertz CT molecular complexity index is 363. The van der Waals surface area contributed by atoms with Crippen LogP contribution in [0.4, 0.5) is 0 Å². The molecular formula is C17H34ClN3O2. The van der Waals surface area contributed by atoms with Gasteiger partial charge in [0, 0.05) is 31.0 Å². The van der Waals surface area contributed by atoms with Crippen LogP contribution in [0.15, 0.2) is 0 Å². The van der Waals surface area contributed by atoms with Crippen molar-refractivity contribution in [3.8, 4) is 0 Å². The van der Waals surface area contributed by atoms with Crippen LogP contribution in [0.25, 0.3) is 0 Å². The first kappa shape index (κ1) is 22.2. The molecule has 1 rings (SSSR count). The smallest absolute Gasteiger partial charge is 0.225 e. The summed E-state index contributed by atoms with van der Waals surface area (Å²) in [4.78, 5) is 26.3. The van der Waals surface area contributed by atoms with Gasteiger partial charge in [0.1, 0.15) is 0 Å². The van der Waals surface area contributed by atoms with E-state index in [-0.39, 0.29) is 29.6 Å². The van der Waals surface area contributed by atoms with Gasteiger partial charge < -0.3 is 15.5 Å². The molecule has 6 heteroatoms. The Morgan fingerprint density at radius 3 is 2.35 bits per heavy atom. The average Bonchev–Trinajstić information content (AvgIpc) is 2.48. The SMILES string of the molecule is CCCN(C(=O)CCCNC(=O)C(C)(C)C)C1CCNCC1.Cl. The summed E-state index contributed by atoms with van der Waals surface area (Å²) in [7, 11) is 0. The van der Waals surface area contributed by atoms with Crippen LogP contribution in [0, 0.1) is 5.41 Å². The van der Waals surface area contributed by atoms with Crippen LogP contribution in [0.2, 0.25) is 0 Å². The van der Waals surface area contributed by atoms with Gasteiger partial charge in [0.15, 0.2) is 0 Å². The van der Waals surface area contributed by atoms with E-state index in [9.17, 15) is 9.59 Å². The molecule has 0 spiro atoms. The van der Waals surface area contributed by atoms with Gasteiger partial charge in [-0.25, -0.2) is 0 Å². The van der Waals surface area contributed by atoms with Gasteiger partial charge in [-0.05, 0) is 38.8 Å². The molecule has 1 saturated heterocycles. The maximum atomic E-state index is 12.5. The third-order valence-electron chi connectivity index (χ3n) is 4.07. The van der Waals surface area contributed by atoms with Gasteiger partial charge in [-0.2, -0.15) is 0 Å². The monoisotopic (exact) mass is 347 g/mol. The molecule has 0 aromatic heterocycles. The van der Waals surface area contributed by atoms with Crippen molar-refractivity contribution >= 4 is 24.2 Å². The number of carbonyl (C=O) groups is 2. The van der Waals surface area contributed by atoms with Gasteiger partial charge in [-0.15, -0.1) is 12.4 Å². The second-order valence-electron chi connectivity index (χ2n) is 7.18. The maximum Gasteiger partial charge on any atom is 0.225 e. The number of halogens is 1. The number of hydrogen-bond acceptors (Lipinski definition) is 3. The van der Waals surface area contributed by atoms with E-state index in [2.05, 4.69) is 22.5 Å². The van der Waals surface area contributed by atoms with Gasteiger partial charge >= 0.3 is 0 Å². The fourth-order valence-electron chi connectivity index (χ4n) is 2.72. The van der Waals surface area contributed by atoms with Crippen LogP contribution in [0.1, 0.15) is 59.8 Å². The van der Waals surface area contributed by atoms with E-state index >= 15 is 0 Å². The van der Waals surface area contributed by atoms with Crippen molar-refractivity contribution in [2.45, 2.75) is 65.8 Å². The zero-order chi connectivity index (χ0) is 16.6. The van der Waals surface area contributed by atoms with E-state index in [0.29, 0.717) is 25.4 Å². The van der Waals surface area contributed by atoms with E-state index in [1.54, 1.807) is 0 Å². The second kappa shape index (κ2) is 10.9. The van der Waals surface area contributed by atoms with Gasteiger partial charge in [-0.3, -0.25) is 9.59 Å². The van der Waals surface area contributed by atoms with Crippen LogP contribution in [-0.2, 0) is 9.59 Å². The molecule has 0 bridgehead atoms. The lowest BCUT2D eigenvalue weighted by Gasteiger charge is -2.34. The molecule has 1 heterocycles. The molecule has 0 saturated carbocycles. The molecule has 1 fully saturated rings. The summed E-state index contributed by atoms with van der Waals surface area (Å²) in [5.41, 5.74) is -0.368. The summed E-state index contributed by atoms with van der Waals surface area (Å²) >= 11 is 0. The Hall–Kier alpha value is -0.810. The van der Waals surface area contributed by atoms with E-state index in [1.165, 1.54) is 0 Å². The number of nitrogens with one attached hydrogen (secondary N) is 2. The zero-order valence-electron chi connectivity index (χ0n) is 15.1. The summed E-state index contributed by atoms with van der Waals surface area (Å²) in [6, 6.07) is 0.387. The normalized spacial score (nSPS) is 15.7. The molecule has 0 aromatic rings. The fourth-order valence-corrected chi connectivity index (χ4v) is 2.72. The standard InChI is InChI=1S/C17H33N3O2.ClH/c1-5-13-20(14-8-11-18-12-9-14)15(21)7-6-10-19-16(22)17(2,3)4;/h14,18H,5-13H2,1-4H3,(H,19,22);1H. The first-order chi connectivity index (χ1) is 10.4. The lowest BCUT2D eigenvalue weighted by molar-refractivity contribution is -0.134. The van der Waals surface area contributed by atoms with Gasteiger partial charge in [-0.1, -0.05) is 27.7 Å². The van der Waals surface area contributed by atoms with Gasteiger partial charge in [0.05, 0.1) is 0 Å². The molecule has 1 aliphatic rings. The number of hydrogen-bond donors (Lipinski definition) is 2. The highest BCUT2D eigenvalue weighted by atomic mass is 35.5. The molecule has 0 unspecified atom stereocenters. The Labute approximate surface area is 147 Å². The lowest BCUT2D eigenvalue weighted by Crippen LogP contribution is -2.46. The minimum atomic E-state index is -0.368. The number of nitrogens with zero attached hydrogens (tertiary/aromatic N) is 1. The lowest BCUT2D eigenvalue weighted by atomic mass is 9.96. The first-order valence-corrected chi connectivity index (χ1v) is 8.64. The quantitative estimate of drug-likeness (QED) is 0.695. The highest BCUT2D eigenvalue weighted by Gasteiger charge is 2.24. The molecule has 1 aliphatic heterocycles. The largest absolute Gasteiger partial charge is 0.356 e. The van der Waals surface area contributed by atoms with Crippen LogP contribution in [0.3, 0.4) is 0 Å². The zero-order valence-corrected chi connectivity index (χ0v) is 15.9. The highest BCUT2D eigenvalue weighted by Crippen LogP contribution is 2.15. The predicted molar refractivity (Wildman–Crippen MR) is 96.8 cm³/mol. The van der Waals surface area contributed by atoms with Crippen molar-refractivity contribution < 1.29 is 9.59 Å². The third-order valence-corrected chi connectivity index (χ3v) is 4.07. The summed E-state index contributed by atoms with van der Waals surface area (Å²) in [6.45, 7) is 11.2. The number of carbonyl (C=O) groups excluding carboxylic acids is 2. The number of amides is 2. The predicted octanol–water partition coefficient (Wildman–Crippen LogP) is 2.34. The Morgan fingerprint density at radius 1 is 1.22 bits per heavy atom. The maximum absolute atomic E-state index is 12.5. The topological polar surface area (TPSA) is 61.4 Å². The molecule has 136 valence electrons. The Morgan fingerprint density at radius 2 is 1.83 bits per heavy atom. The fraction of sp³-hybridized carbons (Fsp3) is 0.882. The molecule has 0 aliphatic carbocycles. The van der Waals surface area contributed by atoms with Gasteiger partial charge in [0.25, 0.3) is 0 Å². The molecule has 23 heavy (non-hydrogen) atoms.